The van der Waals surface area contributed by atoms with E-state index in [2.05, 4.69) is 6.07 Å². The van der Waals surface area contributed by atoms with Gasteiger partial charge in [-0.05, 0) is 60.7 Å². The molecule has 0 fully saturated rings. The Bertz CT molecular complexity index is 2210. The number of halogens is 6. The molecule has 0 N–H and O–H groups in total. The SMILES string of the molecule is N#Cc1ccc(-c2cc(-c3ccccc3)nc(-c3ccccc3)n2)c(-n2c3ccc(C(F)(F)F)cc3c3cc(C(F)(F)F)ccc32)c1. The van der Waals surface area contributed by atoms with Crippen LogP contribution in [0.2, 0.25) is 0 Å². The van der Waals surface area contributed by atoms with Crippen molar-refractivity contribution in [3.8, 4) is 45.7 Å². The molecule has 0 radical (unpaired) electrons. The molecular weight excluding hydrogens is 614 g/mol. The predicted molar refractivity (Wildman–Crippen MR) is 167 cm³/mol. The topological polar surface area (TPSA) is 54.5 Å². The molecule has 2 aromatic heterocycles. The second-order valence-electron chi connectivity index (χ2n) is 10.8. The van der Waals surface area contributed by atoms with Crippen LogP contribution in [0.15, 0.2) is 121 Å². The van der Waals surface area contributed by atoms with Gasteiger partial charge < -0.3 is 4.57 Å². The average molecular weight is 635 g/mol. The number of hydrogen-bond donors (Lipinski definition) is 0. The summed E-state index contributed by atoms with van der Waals surface area (Å²) in [5.41, 5.74) is 2.10. The lowest BCUT2D eigenvalue weighted by Gasteiger charge is -2.16. The lowest BCUT2D eigenvalue weighted by Crippen LogP contribution is -2.05. The first-order valence-electron chi connectivity index (χ1n) is 14.3. The zero-order valence-electron chi connectivity index (χ0n) is 24.1. The van der Waals surface area contributed by atoms with Crippen molar-refractivity contribution in [1.82, 2.24) is 14.5 Å². The van der Waals surface area contributed by atoms with Crippen LogP contribution in [0.4, 0.5) is 26.3 Å². The monoisotopic (exact) mass is 634 g/mol. The molecule has 0 bridgehead atoms. The standard InChI is InChI=1S/C37H20F6N4/c38-36(39,40)25-12-15-32-28(18-25)29-19-26(37(41,42)43)13-16-33(29)47(32)34-17-22(21-44)11-14-27(34)31-20-30(23-7-3-1-4-8-23)45-35(46-31)24-9-5-2-6-10-24/h1-20H. The van der Waals surface area contributed by atoms with E-state index in [1.165, 1.54) is 12.1 Å². The van der Waals surface area contributed by atoms with Gasteiger partial charge in [-0.3, -0.25) is 0 Å². The third kappa shape index (κ3) is 5.46. The van der Waals surface area contributed by atoms with Crippen molar-refractivity contribution in [3.63, 3.8) is 0 Å². The minimum Gasteiger partial charge on any atom is -0.309 e. The van der Waals surface area contributed by atoms with Crippen LogP contribution >= 0.6 is 0 Å². The van der Waals surface area contributed by atoms with Gasteiger partial charge in [0.2, 0.25) is 0 Å². The van der Waals surface area contributed by atoms with Crippen molar-refractivity contribution in [2.24, 2.45) is 0 Å². The van der Waals surface area contributed by atoms with Crippen LogP contribution in [-0.2, 0) is 12.4 Å². The summed E-state index contributed by atoms with van der Waals surface area (Å²) < 4.78 is 84.5. The molecule has 0 aliphatic carbocycles. The predicted octanol–water partition coefficient (Wildman–Crippen LogP) is 10.5. The van der Waals surface area contributed by atoms with Gasteiger partial charge in [-0.2, -0.15) is 31.6 Å². The number of alkyl halides is 6. The third-order valence-corrected chi connectivity index (χ3v) is 7.89. The Labute approximate surface area is 263 Å². The van der Waals surface area contributed by atoms with E-state index in [-0.39, 0.29) is 27.4 Å². The van der Waals surface area contributed by atoms with Gasteiger partial charge in [-0.25, -0.2) is 9.97 Å². The first-order chi connectivity index (χ1) is 22.5. The Hall–Kier alpha value is -5.95. The molecule has 0 aliphatic heterocycles. The minimum atomic E-state index is -4.72. The Morgan fingerprint density at radius 1 is 0.553 bits per heavy atom. The lowest BCUT2D eigenvalue weighted by atomic mass is 10.0. The number of nitriles is 1. The molecule has 230 valence electrons. The Balaban J connectivity index is 1.56. The van der Waals surface area contributed by atoms with Crippen molar-refractivity contribution < 1.29 is 26.3 Å². The molecule has 47 heavy (non-hydrogen) atoms. The van der Waals surface area contributed by atoms with Crippen molar-refractivity contribution in [2.45, 2.75) is 12.4 Å². The first-order valence-corrected chi connectivity index (χ1v) is 14.3. The van der Waals surface area contributed by atoms with Gasteiger partial charge in [-0.15, -0.1) is 0 Å². The maximum atomic E-state index is 13.8. The normalized spacial score (nSPS) is 12.0. The van der Waals surface area contributed by atoms with Gasteiger partial charge in [0.1, 0.15) is 0 Å². The van der Waals surface area contributed by atoms with Gasteiger partial charge in [0.05, 0.1) is 50.9 Å². The van der Waals surface area contributed by atoms with E-state index in [9.17, 15) is 31.6 Å². The molecule has 5 aromatic carbocycles. The molecule has 0 saturated heterocycles. The molecule has 0 saturated carbocycles. The minimum absolute atomic E-state index is 0.0214. The number of benzene rings is 5. The number of fused-ring (bicyclic) bond motifs is 3. The molecule has 2 heterocycles. The number of rotatable bonds is 4. The quantitative estimate of drug-likeness (QED) is 0.181. The molecule has 10 heteroatoms. The zero-order chi connectivity index (χ0) is 32.9. The van der Waals surface area contributed by atoms with E-state index in [0.29, 0.717) is 28.5 Å². The van der Waals surface area contributed by atoms with Crippen molar-refractivity contribution >= 4 is 21.8 Å². The number of aromatic nitrogens is 3. The van der Waals surface area contributed by atoms with Crippen LogP contribution < -0.4 is 0 Å². The lowest BCUT2D eigenvalue weighted by molar-refractivity contribution is -0.138. The smallest absolute Gasteiger partial charge is 0.309 e. The van der Waals surface area contributed by atoms with Crippen LogP contribution in [0.25, 0.3) is 61.4 Å². The molecule has 7 aromatic rings. The van der Waals surface area contributed by atoms with Crippen LogP contribution in [0.1, 0.15) is 16.7 Å². The largest absolute Gasteiger partial charge is 0.416 e. The van der Waals surface area contributed by atoms with Gasteiger partial charge >= 0.3 is 12.4 Å². The molecule has 0 amide bonds. The van der Waals surface area contributed by atoms with Gasteiger partial charge in [0, 0.05) is 27.5 Å². The highest BCUT2D eigenvalue weighted by Crippen LogP contribution is 2.42. The number of nitrogens with zero attached hydrogens (tertiary/aromatic N) is 4. The maximum Gasteiger partial charge on any atom is 0.416 e. The Kier molecular flexibility index (Phi) is 7.05. The van der Waals surface area contributed by atoms with Crippen molar-refractivity contribution in [2.75, 3.05) is 0 Å². The van der Waals surface area contributed by atoms with E-state index in [0.717, 1.165) is 35.4 Å². The van der Waals surface area contributed by atoms with E-state index < -0.39 is 23.5 Å². The van der Waals surface area contributed by atoms with E-state index in [1.807, 2.05) is 60.7 Å². The number of hydrogen-bond acceptors (Lipinski definition) is 3. The summed E-state index contributed by atoms with van der Waals surface area (Å²) in [5, 5.41) is 9.81. The fourth-order valence-electron chi connectivity index (χ4n) is 5.70. The fraction of sp³-hybridized carbons (Fsp3) is 0.0541. The summed E-state index contributed by atoms with van der Waals surface area (Å²) in [6.45, 7) is 0. The molecule has 4 nitrogen and oxygen atoms in total. The summed E-state index contributed by atoms with van der Waals surface area (Å²) >= 11 is 0. The summed E-state index contributed by atoms with van der Waals surface area (Å²) in [4.78, 5) is 9.68. The maximum absolute atomic E-state index is 13.8. The van der Waals surface area contributed by atoms with Crippen molar-refractivity contribution in [1.29, 1.82) is 5.26 Å². The molecule has 0 spiro atoms. The highest BCUT2D eigenvalue weighted by molar-refractivity contribution is 6.10. The highest BCUT2D eigenvalue weighted by atomic mass is 19.4. The Morgan fingerprint density at radius 2 is 1.09 bits per heavy atom. The van der Waals surface area contributed by atoms with Gasteiger partial charge in [0.25, 0.3) is 0 Å². The molecule has 0 unspecified atom stereocenters. The molecule has 7 rings (SSSR count). The zero-order valence-corrected chi connectivity index (χ0v) is 24.1. The van der Waals surface area contributed by atoms with Gasteiger partial charge in [0.15, 0.2) is 5.82 Å². The summed E-state index contributed by atoms with van der Waals surface area (Å²) in [5.74, 6) is 0.407. The van der Waals surface area contributed by atoms with E-state index in [1.54, 1.807) is 28.8 Å². The molecular formula is C37H20F6N4. The van der Waals surface area contributed by atoms with Crippen molar-refractivity contribution in [3.05, 3.63) is 138 Å². The third-order valence-electron chi connectivity index (χ3n) is 7.89. The summed E-state index contributed by atoms with van der Waals surface area (Å²) in [7, 11) is 0. The molecule has 0 atom stereocenters. The molecule has 0 aliphatic rings. The van der Waals surface area contributed by atoms with Crippen LogP contribution in [0.3, 0.4) is 0 Å². The first kappa shape index (κ1) is 29.7. The summed E-state index contributed by atoms with van der Waals surface area (Å²) in [6.07, 6.45) is -9.45. The van der Waals surface area contributed by atoms with E-state index in [4.69, 9.17) is 9.97 Å². The second kappa shape index (κ2) is 11.1. The van der Waals surface area contributed by atoms with Crippen LogP contribution in [0, 0.1) is 11.3 Å². The van der Waals surface area contributed by atoms with E-state index >= 15 is 0 Å². The Morgan fingerprint density at radius 3 is 1.62 bits per heavy atom. The highest BCUT2D eigenvalue weighted by Gasteiger charge is 2.33. The van der Waals surface area contributed by atoms with Crippen LogP contribution in [0.5, 0.6) is 0 Å². The average Bonchev–Trinajstić information content (AvgIpc) is 3.41. The second-order valence-corrected chi connectivity index (χ2v) is 10.8. The fourth-order valence-corrected chi connectivity index (χ4v) is 5.70. The van der Waals surface area contributed by atoms with Gasteiger partial charge in [-0.1, -0.05) is 60.7 Å². The van der Waals surface area contributed by atoms with Crippen LogP contribution in [-0.4, -0.2) is 14.5 Å². The summed E-state index contributed by atoms with van der Waals surface area (Å²) in [6, 6.07) is 33.3.